The molecular weight excluding hydrogens is 1550 g/mol. The molecule has 0 aliphatic carbocycles. The van der Waals surface area contributed by atoms with Crippen molar-refractivity contribution in [1.82, 2.24) is 88.6 Å². The molecule has 8 aromatic rings. The fourth-order valence-corrected chi connectivity index (χ4v) is 13.8. The highest BCUT2D eigenvalue weighted by Gasteiger charge is 2.41. The number of primary amides is 1. The number of halogens is 1. The lowest BCUT2D eigenvalue weighted by Crippen LogP contribution is -2.61. The predicted octanol–water partition coefficient (Wildman–Crippen LogP) is 1.77. The summed E-state index contributed by atoms with van der Waals surface area (Å²) in [4.78, 5) is 202. The number of guanidine groups is 1. The number of carbonyl (C=O) groups is 13. The summed E-state index contributed by atoms with van der Waals surface area (Å²) in [6.07, 6.45) is 7.66. The van der Waals surface area contributed by atoms with Gasteiger partial charge in [-0.3, -0.25) is 82.7 Å². The molecule has 5 heterocycles. The number of unbranched alkanes of at least 4 members (excludes halogenated alkanes) is 2. The van der Waals surface area contributed by atoms with Crippen molar-refractivity contribution in [2.45, 2.75) is 164 Å². The fourth-order valence-electron chi connectivity index (χ4n) is 13.7. The van der Waals surface area contributed by atoms with Gasteiger partial charge in [0.05, 0.1) is 6.61 Å². The van der Waals surface area contributed by atoms with Gasteiger partial charge < -0.3 is 90.3 Å². The Hall–Kier alpha value is -13.2. The van der Waals surface area contributed by atoms with Crippen molar-refractivity contribution in [2.24, 2.45) is 11.5 Å². The SMILES string of the molecule is CC(=O)N[C@H](Cc1ccc2ccccc2c1)C(=O)N[C@H](Cc1ccc(Cl)cc1)C(=O)N[C@H](Cc1cccnc1)C(=O)N[C@@H](CO)C(=O)N[C@@H](CCCCNC(=O)c1ccccn1)C(=O)N[C@H](CCCCNC(=O)c1ccccn1)C(=O)N[C@@H](CCCNC(=N)N)C(=O)N[C@@H](Cc1c[nH]c2ccccc12)C(=O)N1CCC[C@H]1C(=O)N[C@H](C)C(N)=O. The smallest absolute Gasteiger partial charge is 0.269 e. The first-order valence-corrected chi connectivity index (χ1v) is 39.7. The Morgan fingerprint density at radius 3 is 1.56 bits per heavy atom. The van der Waals surface area contributed by atoms with Gasteiger partial charge >= 0.3 is 0 Å². The third kappa shape index (κ3) is 27.7. The molecule has 4 aromatic carbocycles. The number of pyridine rings is 3. The molecule has 0 radical (unpaired) electrons. The van der Waals surface area contributed by atoms with Crippen LogP contribution in [0.2, 0.25) is 5.02 Å². The van der Waals surface area contributed by atoms with Gasteiger partial charge in [-0.1, -0.05) is 103 Å². The molecule has 1 aliphatic heterocycles. The average molecular weight is 1650 g/mol. The van der Waals surface area contributed by atoms with Gasteiger partial charge in [0.1, 0.15) is 71.8 Å². The number of aromatic amines is 1. The number of aromatic nitrogens is 4. The normalized spacial score (nSPS) is 14.6. The maximum absolute atomic E-state index is 15.3. The van der Waals surface area contributed by atoms with Gasteiger partial charge in [-0.2, -0.15) is 0 Å². The largest absolute Gasteiger partial charge is 0.394 e. The van der Waals surface area contributed by atoms with Crippen LogP contribution in [-0.4, -0.2) is 206 Å². The standard InChI is InChI=1S/C84H101ClN20O14/c1-50(72(86)108)96-82(118)71-28-17-41-105(71)83(119)69(46-57-48-95-60-22-6-5-21-59(57)60)103-77(113)65(27-16-40-94-84(87)88)99-75(111)63(25-9-13-38-92-73(109)61-23-7-11-36-90-61)98-76(112)64(26-10-14-39-93-74(110)62-24-8-12-37-91-62)100-81(117)70(49-106)104-80(116)68(45-54-18-15-35-89-47-54)102-79(115)67(43-52-30-33-58(85)34-31-52)101-78(114)66(97-51(2)107)44-53-29-32-55-19-3-4-20-56(55)42-53/h3-8,11-12,15,18-24,29-37,42,47-48,50,63-71,95,106H,9-10,13-14,16-17,25-28,38-41,43-46,49H2,1-2H3,(H2,86,108)(H,92,109)(H,93,110)(H,96,118)(H,97,107)(H,98,112)(H,99,111)(H,100,117)(H,101,114)(H,102,115)(H,103,113)(H,104,116)(H4,87,88,94)/t50-,63-,64+,65+,66-,67-,68-,69+,70+,71+/m1/s1. The van der Waals surface area contributed by atoms with Crippen LogP contribution >= 0.6 is 11.6 Å². The van der Waals surface area contributed by atoms with E-state index in [4.69, 9.17) is 28.5 Å². The van der Waals surface area contributed by atoms with Crippen LogP contribution in [0.1, 0.15) is 121 Å². The minimum absolute atomic E-state index is 0.0148. The molecule has 0 bridgehead atoms. The predicted molar refractivity (Wildman–Crippen MR) is 442 cm³/mol. The molecule has 4 aromatic heterocycles. The summed E-state index contributed by atoms with van der Waals surface area (Å²) in [6.45, 7) is 1.78. The topological polar surface area (TPSA) is 520 Å². The molecular formula is C84H101ClN20O14. The number of hydrogen-bond donors (Lipinski definition) is 17. The van der Waals surface area contributed by atoms with Gasteiger partial charge in [0.2, 0.25) is 65.0 Å². The van der Waals surface area contributed by atoms with E-state index in [1.165, 1.54) is 55.7 Å². The number of H-pyrrole nitrogens is 1. The number of carbonyl (C=O) groups excluding carboxylic acids is 13. The molecule has 35 heteroatoms. The zero-order valence-electron chi connectivity index (χ0n) is 66.0. The van der Waals surface area contributed by atoms with Crippen molar-refractivity contribution >= 4 is 116 Å². The van der Waals surface area contributed by atoms with Crippen LogP contribution in [0.3, 0.4) is 0 Å². The van der Waals surface area contributed by atoms with Crippen LogP contribution < -0.4 is 75.3 Å². The van der Waals surface area contributed by atoms with Crippen molar-refractivity contribution in [1.29, 1.82) is 5.41 Å². The number of nitrogens with zero attached hydrogens (tertiary/aromatic N) is 4. The summed E-state index contributed by atoms with van der Waals surface area (Å²) in [7, 11) is 0. The van der Waals surface area contributed by atoms with E-state index in [0.717, 1.165) is 16.2 Å². The highest BCUT2D eigenvalue weighted by atomic mass is 35.5. The second kappa shape index (κ2) is 45.3. The Kier molecular flexibility index (Phi) is 34.2. The molecule has 1 fully saturated rings. The number of nitrogens with two attached hydrogens (primary N) is 2. The maximum atomic E-state index is 15.3. The molecule has 34 nitrogen and oxygen atoms in total. The zero-order valence-corrected chi connectivity index (χ0v) is 66.7. The van der Waals surface area contributed by atoms with Gasteiger partial charge in [-0.05, 0) is 153 Å². The Balaban J connectivity index is 0.987. The first-order chi connectivity index (χ1) is 57.3. The van der Waals surface area contributed by atoms with Crippen LogP contribution in [0.5, 0.6) is 0 Å². The number of nitrogens with one attached hydrogen (secondary N) is 14. The lowest BCUT2D eigenvalue weighted by molar-refractivity contribution is -0.142. The van der Waals surface area contributed by atoms with Crippen molar-refractivity contribution in [2.75, 3.05) is 32.8 Å². The molecule has 0 unspecified atom stereocenters. The fraction of sp³-hybridized carbons (Fsp3) is 0.369. The summed E-state index contributed by atoms with van der Waals surface area (Å²) in [5.74, 6) is -10.6. The molecule has 119 heavy (non-hydrogen) atoms. The Labute approximate surface area is 691 Å². The highest BCUT2D eigenvalue weighted by molar-refractivity contribution is 6.30. The number of para-hydroxylation sites is 1. The number of likely N-dealkylation sites (tertiary alicyclic amines) is 1. The van der Waals surface area contributed by atoms with Crippen LogP contribution in [0.15, 0.2) is 171 Å². The van der Waals surface area contributed by atoms with E-state index in [1.54, 1.807) is 72.9 Å². The Bertz CT molecular complexity index is 4850. The van der Waals surface area contributed by atoms with Crippen LogP contribution in [0, 0.1) is 5.41 Å². The number of aliphatic hydroxyl groups is 1. The third-order valence-corrected chi connectivity index (χ3v) is 20.2. The number of aliphatic hydroxyl groups excluding tert-OH is 1. The second-order valence-electron chi connectivity index (χ2n) is 28.9. The first kappa shape index (κ1) is 89.7. The van der Waals surface area contributed by atoms with Gasteiger partial charge in [-0.25, -0.2) is 0 Å². The van der Waals surface area contributed by atoms with E-state index in [9.17, 15) is 48.3 Å². The molecule has 13 amide bonds. The van der Waals surface area contributed by atoms with Crippen LogP contribution in [-0.2, 0) is 78.4 Å². The molecule has 10 atom stereocenters. The second-order valence-corrected chi connectivity index (χ2v) is 29.4. The van der Waals surface area contributed by atoms with E-state index in [0.29, 0.717) is 39.2 Å². The molecule has 628 valence electrons. The minimum Gasteiger partial charge on any atom is -0.394 e. The summed E-state index contributed by atoms with van der Waals surface area (Å²) in [5.41, 5.74) is 14.4. The van der Waals surface area contributed by atoms with Crippen molar-refractivity contribution in [3.63, 3.8) is 0 Å². The van der Waals surface area contributed by atoms with E-state index in [1.807, 2.05) is 60.7 Å². The van der Waals surface area contributed by atoms with E-state index in [-0.39, 0.29) is 121 Å². The lowest BCUT2D eigenvalue weighted by Gasteiger charge is -2.31. The molecule has 1 saturated heterocycles. The van der Waals surface area contributed by atoms with Crippen molar-refractivity contribution < 1.29 is 67.4 Å². The lowest BCUT2D eigenvalue weighted by atomic mass is 9.99. The van der Waals surface area contributed by atoms with E-state index in [2.05, 4.69) is 83.7 Å². The van der Waals surface area contributed by atoms with Crippen LogP contribution in [0.4, 0.5) is 0 Å². The summed E-state index contributed by atoms with van der Waals surface area (Å²) < 4.78 is 0. The molecule has 1 aliphatic rings. The zero-order chi connectivity index (χ0) is 85.3. The quantitative estimate of drug-likeness (QED) is 0.0147. The summed E-state index contributed by atoms with van der Waals surface area (Å²) in [6, 6.07) is 25.3. The summed E-state index contributed by atoms with van der Waals surface area (Å²) in [5, 5.41) is 54.4. The number of fused-ring (bicyclic) bond motifs is 2. The molecule has 0 saturated carbocycles. The molecule has 9 rings (SSSR count). The van der Waals surface area contributed by atoms with Crippen molar-refractivity contribution in [3.05, 3.63) is 209 Å². The van der Waals surface area contributed by atoms with E-state index >= 15 is 19.2 Å². The van der Waals surface area contributed by atoms with Crippen molar-refractivity contribution in [3.8, 4) is 0 Å². The summed E-state index contributed by atoms with van der Waals surface area (Å²) >= 11 is 6.27. The molecule has 0 spiro atoms. The van der Waals surface area contributed by atoms with Gasteiger partial charge in [-0.15, -0.1) is 0 Å². The monoisotopic (exact) mass is 1650 g/mol. The van der Waals surface area contributed by atoms with Gasteiger partial charge in [0.15, 0.2) is 5.96 Å². The third-order valence-electron chi connectivity index (χ3n) is 20.0. The number of amides is 13. The molecule has 19 N–H and O–H groups in total. The van der Waals surface area contributed by atoms with Crippen LogP contribution in [0.25, 0.3) is 21.7 Å². The van der Waals surface area contributed by atoms with E-state index < -0.39 is 150 Å². The number of rotatable bonds is 44. The van der Waals surface area contributed by atoms with Gasteiger partial charge in [0, 0.05) is 106 Å². The first-order valence-electron chi connectivity index (χ1n) is 39.3. The maximum Gasteiger partial charge on any atom is 0.269 e. The minimum atomic E-state index is -1.87. The Morgan fingerprint density at radius 2 is 1.01 bits per heavy atom. The number of hydrogen-bond acceptors (Lipinski definition) is 18. The number of benzene rings is 4. The Morgan fingerprint density at radius 1 is 0.513 bits per heavy atom. The highest BCUT2D eigenvalue weighted by Crippen LogP contribution is 2.25. The average Bonchev–Trinajstić information content (AvgIpc) is 1.70. The van der Waals surface area contributed by atoms with Gasteiger partial charge in [0.25, 0.3) is 11.8 Å².